The number of rotatable bonds is 2. The minimum atomic E-state index is 0.104. The third kappa shape index (κ3) is 2.44. The lowest BCUT2D eigenvalue weighted by molar-refractivity contribution is -0.123. The number of hydrogen-bond donors (Lipinski definition) is 1. The molecule has 4 nitrogen and oxygen atoms in total. The topological polar surface area (TPSA) is 41.7 Å². The van der Waals surface area contributed by atoms with Gasteiger partial charge in [0.05, 0.1) is 13.2 Å². The summed E-state index contributed by atoms with van der Waals surface area (Å²) in [6, 6.07) is 0.612. The molecule has 0 aliphatic carbocycles. The van der Waals surface area contributed by atoms with Gasteiger partial charge in [-0.3, -0.25) is 4.90 Å². The Morgan fingerprint density at radius 2 is 2.06 bits per heavy atom. The maximum atomic E-state index is 6.20. The third-order valence-electron chi connectivity index (χ3n) is 4.96. The highest BCUT2D eigenvalue weighted by atomic mass is 16.5. The van der Waals surface area contributed by atoms with Crippen LogP contribution in [0.4, 0.5) is 0 Å². The van der Waals surface area contributed by atoms with Crippen molar-refractivity contribution in [2.24, 2.45) is 5.73 Å². The Morgan fingerprint density at radius 3 is 2.61 bits per heavy atom. The summed E-state index contributed by atoms with van der Waals surface area (Å²) in [4.78, 5) is 5.08. The summed E-state index contributed by atoms with van der Waals surface area (Å²) in [5.41, 5.74) is 6.47. The second-order valence-corrected chi connectivity index (χ2v) is 6.73. The molecule has 2 atom stereocenters. The van der Waals surface area contributed by atoms with E-state index in [2.05, 4.69) is 37.6 Å². The van der Waals surface area contributed by atoms with Gasteiger partial charge in [0.15, 0.2) is 0 Å². The van der Waals surface area contributed by atoms with Gasteiger partial charge in [-0.25, -0.2) is 0 Å². The van der Waals surface area contributed by atoms with Crippen LogP contribution in [0.15, 0.2) is 0 Å². The molecule has 0 aromatic heterocycles. The lowest BCUT2D eigenvalue weighted by atomic mass is 9.79. The fraction of sp³-hybridized carbons (Fsp3) is 1.00. The minimum Gasteiger partial charge on any atom is -0.378 e. The van der Waals surface area contributed by atoms with Crippen LogP contribution in [0.2, 0.25) is 0 Å². The lowest BCUT2D eigenvalue weighted by Crippen LogP contribution is -2.69. The molecule has 2 N–H and O–H groups in total. The number of piperidine rings is 1. The summed E-state index contributed by atoms with van der Waals surface area (Å²) >= 11 is 0. The zero-order chi connectivity index (χ0) is 13.4. The number of ether oxygens (including phenoxy) is 1. The molecular formula is C14H29N3O. The highest BCUT2D eigenvalue weighted by Crippen LogP contribution is 2.37. The highest BCUT2D eigenvalue weighted by Gasteiger charge is 2.47. The molecule has 2 fully saturated rings. The fourth-order valence-electron chi connectivity index (χ4n) is 3.69. The van der Waals surface area contributed by atoms with E-state index in [1.54, 1.807) is 0 Å². The Hall–Kier alpha value is -0.160. The van der Waals surface area contributed by atoms with E-state index >= 15 is 0 Å². The quantitative estimate of drug-likeness (QED) is 0.796. The van der Waals surface area contributed by atoms with Crippen LogP contribution < -0.4 is 5.73 Å². The summed E-state index contributed by atoms with van der Waals surface area (Å²) in [7, 11) is 2.22. The Bertz CT molecular complexity index is 295. The molecule has 106 valence electrons. The van der Waals surface area contributed by atoms with E-state index in [1.807, 2.05) is 0 Å². The Labute approximate surface area is 111 Å². The predicted octanol–water partition coefficient (Wildman–Crippen LogP) is 0.909. The summed E-state index contributed by atoms with van der Waals surface area (Å²) in [6.07, 6.45) is 2.34. The van der Waals surface area contributed by atoms with Gasteiger partial charge < -0.3 is 15.4 Å². The molecule has 0 spiro atoms. The van der Waals surface area contributed by atoms with Crippen LogP contribution in [-0.2, 0) is 4.74 Å². The Morgan fingerprint density at radius 1 is 1.33 bits per heavy atom. The molecule has 0 amide bonds. The third-order valence-corrected chi connectivity index (χ3v) is 4.96. The van der Waals surface area contributed by atoms with Gasteiger partial charge >= 0.3 is 0 Å². The highest BCUT2D eigenvalue weighted by molar-refractivity contribution is 5.04. The standard InChI is InChI=1S/C14H29N3O/c1-12-9-14(10-15,5-6-16(12)4)17-7-8-18-11-13(17,2)3/h12H,5-11,15H2,1-4H3. The monoisotopic (exact) mass is 255 g/mol. The van der Waals surface area contributed by atoms with Crippen molar-refractivity contribution < 1.29 is 4.74 Å². The predicted molar refractivity (Wildman–Crippen MR) is 74.7 cm³/mol. The first-order chi connectivity index (χ1) is 8.41. The zero-order valence-electron chi connectivity index (χ0n) is 12.4. The summed E-state index contributed by atoms with van der Waals surface area (Å²) in [5, 5.41) is 0. The minimum absolute atomic E-state index is 0.104. The van der Waals surface area contributed by atoms with E-state index in [9.17, 15) is 0 Å². The summed E-state index contributed by atoms with van der Waals surface area (Å²) < 4.78 is 5.65. The van der Waals surface area contributed by atoms with E-state index < -0.39 is 0 Å². The molecule has 0 bridgehead atoms. The van der Waals surface area contributed by atoms with E-state index in [4.69, 9.17) is 10.5 Å². The van der Waals surface area contributed by atoms with Crippen LogP contribution >= 0.6 is 0 Å². The number of nitrogens with two attached hydrogens (primary N) is 1. The van der Waals surface area contributed by atoms with E-state index in [0.29, 0.717) is 6.04 Å². The molecule has 0 aromatic carbocycles. The average molecular weight is 255 g/mol. The SMILES string of the molecule is CC1CC(CN)(N2CCOCC2(C)C)CCN1C. The van der Waals surface area contributed by atoms with Gasteiger partial charge in [0.2, 0.25) is 0 Å². The Kier molecular flexibility index (Phi) is 4.02. The first kappa shape index (κ1) is 14.3. The second kappa shape index (κ2) is 5.08. The molecular weight excluding hydrogens is 226 g/mol. The van der Waals surface area contributed by atoms with Crippen LogP contribution in [0.1, 0.15) is 33.6 Å². The lowest BCUT2D eigenvalue weighted by Gasteiger charge is -2.57. The average Bonchev–Trinajstić information content (AvgIpc) is 2.33. The Balaban J connectivity index is 2.21. The smallest absolute Gasteiger partial charge is 0.0645 e. The molecule has 0 saturated carbocycles. The summed E-state index contributed by atoms with van der Waals surface area (Å²) in [6.45, 7) is 11.5. The van der Waals surface area contributed by atoms with Crippen molar-refractivity contribution in [3.8, 4) is 0 Å². The second-order valence-electron chi connectivity index (χ2n) is 6.73. The molecule has 2 saturated heterocycles. The summed E-state index contributed by atoms with van der Waals surface area (Å²) in [5.74, 6) is 0. The van der Waals surface area contributed by atoms with Gasteiger partial charge in [-0.2, -0.15) is 0 Å². The van der Waals surface area contributed by atoms with Crippen LogP contribution in [0, 0.1) is 0 Å². The van der Waals surface area contributed by atoms with Gasteiger partial charge in [-0.1, -0.05) is 0 Å². The molecule has 0 radical (unpaired) electrons. The number of morpholine rings is 1. The van der Waals surface area contributed by atoms with Gasteiger partial charge in [0.25, 0.3) is 0 Å². The van der Waals surface area contributed by atoms with Crippen molar-refractivity contribution in [2.45, 2.75) is 50.7 Å². The van der Waals surface area contributed by atoms with Crippen LogP contribution in [0.5, 0.6) is 0 Å². The molecule has 2 unspecified atom stereocenters. The van der Waals surface area contributed by atoms with Crippen molar-refractivity contribution >= 4 is 0 Å². The van der Waals surface area contributed by atoms with Crippen LogP contribution in [0.3, 0.4) is 0 Å². The molecule has 18 heavy (non-hydrogen) atoms. The first-order valence-corrected chi connectivity index (χ1v) is 7.17. The van der Waals surface area contributed by atoms with Gasteiger partial charge in [0.1, 0.15) is 0 Å². The van der Waals surface area contributed by atoms with Crippen LogP contribution in [-0.4, -0.2) is 66.8 Å². The molecule has 0 aromatic rings. The van der Waals surface area contributed by atoms with Gasteiger partial charge in [-0.15, -0.1) is 0 Å². The van der Waals surface area contributed by atoms with E-state index in [1.165, 1.54) is 12.8 Å². The van der Waals surface area contributed by atoms with Crippen molar-refractivity contribution in [3.63, 3.8) is 0 Å². The van der Waals surface area contributed by atoms with E-state index in [0.717, 1.165) is 32.8 Å². The maximum Gasteiger partial charge on any atom is 0.0645 e. The largest absolute Gasteiger partial charge is 0.378 e. The molecule has 2 heterocycles. The first-order valence-electron chi connectivity index (χ1n) is 7.17. The van der Waals surface area contributed by atoms with Crippen molar-refractivity contribution in [1.29, 1.82) is 0 Å². The van der Waals surface area contributed by atoms with Crippen molar-refractivity contribution in [3.05, 3.63) is 0 Å². The number of hydrogen-bond acceptors (Lipinski definition) is 4. The molecule has 4 heteroatoms. The zero-order valence-corrected chi connectivity index (χ0v) is 12.4. The maximum absolute atomic E-state index is 6.20. The molecule has 2 rings (SSSR count). The van der Waals surface area contributed by atoms with Crippen molar-refractivity contribution in [2.75, 3.05) is 39.9 Å². The van der Waals surface area contributed by atoms with Crippen molar-refractivity contribution in [1.82, 2.24) is 9.80 Å². The fourth-order valence-corrected chi connectivity index (χ4v) is 3.69. The number of nitrogens with zero attached hydrogens (tertiary/aromatic N) is 2. The van der Waals surface area contributed by atoms with Gasteiger partial charge in [-0.05, 0) is 47.2 Å². The van der Waals surface area contributed by atoms with E-state index in [-0.39, 0.29) is 11.1 Å². The normalized spacial score (nSPS) is 38.8. The van der Waals surface area contributed by atoms with Gasteiger partial charge in [0, 0.05) is 30.2 Å². The molecule has 2 aliphatic heterocycles. The van der Waals surface area contributed by atoms with Crippen LogP contribution in [0.25, 0.3) is 0 Å². The number of likely N-dealkylation sites (tertiary alicyclic amines) is 1. The molecule has 2 aliphatic rings.